The van der Waals surface area contributed by atoms with Gasteiger partial charge < -0.3 is 0 Å². The fourth-order valence-corrected chi connectivity index (χ4v) is 3.77. The van der Waals surface area contributed by atoms with Crippen molar-refractivity contribution in [1.82, 2.24) is 0 Å². The van der Waals surface area contributed by atoms with Gasteiger partial charge in [0.1, 0.15) is 0 Å². The van der Waals surface area contributed by atoms with E-state index >= 15 is 0 Å². The maximum Gasteiger partial charge on any atom is 0.0129 e. The van der Waals surface area contributed by atoms with Crippen LogP contribution in [0.25, 0.3) is 5.57 Å². The molecule has 0 heteroatoms. The van der Waals surface area contributed by atoms with Gasteiger partial charge in [-0.25, -0.2) is 0 Å². The predicted molar refractivity (Wildman–Crippen MR) is 105 cm³/mol. The number of hydrogen-bond acceptors (Lipinski definition) is 0. The zero-order chi connectivity index (χ0) is 16.6. The Labute approximate surface area is 146 Å². The van der Waals surface area contributed by atoms with Gasteiger partial charge in [-0.3, -0.25) is 0 Å². The highest BCUT2D eigenvalue weighted by Gasteiger charge is 2.21. The average molecular weight is 316 g/mol. The van der Waals surface area contributed by atoms with Crippen LogP contribution >= 0.6 is 0 Å². The lowest BCUT2D eigenvalue weighted by atomic mass is 9.78. The van der Waals surface area contributed by atoms with Crippen molar-refractivity contribution in [3.05, 3.63) is 89.5 Å². The van der Waals surface area contributed by atoms with Gasteiger partial charge in [-0.2, -0.15) is 0 Å². The van der Waals surface area contributed by atoms with Gasteiger partial charge in [-0.1, -0.05) is 91.7 Å². The Balaban J connectivity index is 2.10. The minimum absolute atomic E-state index is 0.469. The largest absolute Gasteiger partial charge is 0.0882 e. The van der Waals surface area contributed by atoms with Crippen LogP contribution in [0, 0.1) is 0 Å². The molecule has 1 aliphatic rings. The standard InChI is InChI=1S/C24H28/c1-2-3-13-21-16-11-6-12-19-23(20-14-7-4-8-15-20)24(21)22-17-9-5-10-18-22/h4-10,12,14-15,17-18,23H,2-3,11,13,16,19H2,1H3/b12-6-,24-21-. The van der Waals surface area contributed by atoms with E-state index in [0.29, 0.717) is 5.92 Å². The van der Waals surface area contributed by atoms with Gasteiger partial charge in [0.05, 0.1) is 0 Å². The van der Waals surface area contributed by atoms with Crippen LogP contribution in [0.5, 0.6) is 0 Å². The molecule has 0 fully saturated rings. The van der Waals surface area contributed by atoms with Gasteiger partial charge in [-0.15, -0.1) is 0 Å². The molecule has 0 nitrogen and oxygen atoms in total. The molecule has 0 aliphatic heterocycles. The molecule has 0 saturated carbocycles. The van der Waals surface area contributed by atoms with Crippen LogP contribution in [0.15, 0.2) is 78.4 Å². The quantitative estimate of drug-likeness (QED) is 0.513. The summed E-state index contributed by atoms with van der Waals surface area (Å²) in [5.74, 6) is 0.469. The van der Waals surface area contributed by atoms with Crippen molar-refractivity contribution < 1.29 is 0 Å². The molecule has 0 saturated heterocycles. The van der Waals surface area contributed by atoms with Gasteiger partial charge in [0.25, 0.3) is 0 Å². The Morgan fingerprint density at radius 2 is 1.58 bits per heavy atom. The second-order valence-electron chi connectivity index (χ2n) is 6.70. The van der Waals surface area contributed by atoms with Crippen LogP contribution in [0.3, 0.4) is 0 Å². The zero-order valence-electron chi connectivity index (χ0n) is 14.7. The summed E-state index contributed by atoms with van der Waals surface area (Å²) in [4.78, 5) is 0. The second-order valence-corrected chi connectivity index (χ2v) is 6.70. The Morgan fingerprint density at radius 3 is 2.29 bits per heavy atom. The molecule has 124 valence electrons. The molecule has 2 aromatic carbocycles. The number of benzene rings is 2. The summed E-state index contributed by atoms with van der Waals surface area (Å²) >= 11 is 0. The lowest BCUT2D eigenvalue weighted by Crippen LogP contribution is -2.07. The number of rotatable bonds is 5. The third-order valence-electron chi connectivity index (χ3n) is 5.00. The van der Waals surface area contributed by atoms with Gasteiger partial charge in [-0.05, 0) is 48.8 Å². The minimum atomic E-state index is 0.469. The van der Waals surface area contributed by atoms with Crippen molar-refractivity contribution in [1.29, 1.82) is 0 Å². The summed E-state index contributed by atoms with van der Waals surface area (Å²) in [6.07, 6.45) is 12.0. The lowest BCUT2D eigenvalue weighted by molar-refractivity contribution is 0.736. The van der Waals surface area contributed by atoms with Crippen molar-refractivity contribution >= 4 is 5.57 Å². The highest BCUT2D eigenvalue weighted by atomic mass is 14.3. The Morgan fingerprint density at radius 1 is 0.875 bits per heavy atom. The molecule has 0 N–H and O–H groups in total. The molecule has 0 radical (unpaired) electrons. The van der Waals surface area contributed by atoms with Gasteiger partial charge in [0.15, 0.2) is 0 Å². The van der Waals surface area contributed by atoms with Crippen molar-refractivity contribution in [3.63, 3.8) is 0 Å². The van der Waals surface area contributed by atoms with Crippen LogP contribution in [-0.4, -0.2) is 0 Å². The third-order valence-corrected chi connectivity index (χ3v) is 5.00. The van der Waals surface area contributed by atoms with Gasteiger partial charge >= 0.3 is 0 Å². The number of hydrogen-bond donors (Lipinski definition) is 0. The van der Waals surface area contributed by atoms with E-state index in [4.69, 9.17) is 0 Å². The van der Waals surface area contributed by atoms with Crippen LogP contribution in [0.2, 0.25) is 0 Å². The first kappa shape index (κ1) is 16.8. The molecule has 1 unspecified atom stereocenters. The molecule has 0 amide bonds. The molecule has 1 atom stereocenters. The van der Waals surface area contributed by atoms with E-state index in [9.17, 15) is 0 Å². The number of unbranched alkanes of at least 4 members (excludes halogenated alkanes) is 1. The minimum Gasteiger partial charge on any atom is -0.0882 e. The Bertz CT molecular complexity index is 676. The summed E-state index contributed by atoms with van der Waals surface area (Å²) in [6.45, 7) is 2.29. The summed E-state index contributed by atoms with van der Waals surface area (Å²) in [6, 6.07) is 22.1. The van der Waals surface area contributed by atoms with E-state index in [1.54, 1.807) is 11.1 Å². The van der Waals surface area contributed by atoms with E-state index in [-0.39, 0.29) is 0 Å². The molecule has 24 heavy (non-hydrogen) atoms. The molecule has 0 heterocycles. The summed E-state index contributed by atoms with van der Waals surface area (Å²) in [7, 11) is 0. The van der Waals surface area contributed by atoms with E-state index < -0.39 is 0 Å². The maximum absolute atomic E-state index is 2.39. The molecule has 3 rings (SSSR count). The van der Waals surface area contributed by atoms with Crippen LogP contribution in [-0.2, 0) is 0 Å². The van der Waals surface area contributed by atoms with Crippen LogP contribution in [0.4, 0.5) is 0 Å². The average Bonchev–Trinajstić information content (AvgIpc) is 2.62. The van der Waals surface area contributed by atoms with E-state index in [1.165, 1.54) is 43.2 Å². The second kappa shape index (κ2) is 8.68. The van der Waals surface area contributed by atoms with Crippen molar-refractivity contribution in [2.75, 3.05) is 0 Å². The first-order chi connectivity index (χ1) is 11.9. The predicted octanol–water partition coefficient (Wildman–Crippen LogP) is 7.15. The summed E-state index contributed by atoms with van der Waals surface area (Å²) in [5.41, 5.74) is 6.10. The topological polar surface area (TPSA) is 0 Å². The van der Waals surface area contributed by atoms with Crippen molar-refractivity contribution in [2.45, 2.75) is 51.4 Å². The van der Waals surface area contributed by atoms with Crippen molar-refractivity contribution in [3.8, 4) is 0 Å². The van der Waals surface area contributed by atoms with E-state index in [0.717, 1.165) is 6.42 Å². The highest BCUT2D eigenvalue weighted by molar-refractivity contribution is 5.74. The van der Waals surface area contributed by atoms with Crippen LogP contribution in [0.1, 0.15) is 62.5 Å². The third kappa shape index (κ3) is 4.06. The molecular weight excluding hydrogens is 288 g/mol. The fourth-order valence-electron chi connectivity index (χ4n) is 3.77. The van der Waals surface area contributed by atoms with E-state index in [1.807, 2.05) is 0 Å². The first-order valence-electron chi connectivity index (χ1n) is 9.37. The molecule has 1 aliphatic carbocycles. The Hall–Kier alpha value is -2.08. The lowest BCUT2D eigenvalue weighted by Gasteiger charge is -2.26. The monoisotopic (exact) mass is 316 g/mol. The SMILES string of the molecule is CCCC/C1=C(\c2ccccc2)C(c2ccccc2)C/C=C\CC1. The van der Waals surface area contributed by atoms with Crippen LogP contribution < -0.4 is 0 Å². The maximum atomic E-state index is 2.39. The van der Waals surface area contributed by atoms with Crippen molar-refractivity contribution in [2.24, 2.45) is 0 Å². The van der Waals surface area contributed by atoms with Gasteiger partial charge in [0, 0.05) is 5.92 Å². The van der Waals surface area contributed by atoms with Gasteiger partial charge in [0.2, 0.25) is 0 Å². The fraction of sp³-hybridized carbons (Fsp3) is 0.333. The number of allylic oxidation sites excluding steroid dienone is 4. The molecular formula is C24H28. The Kier molecular flexibility index (Phi) is 6.07. The molecule has 0 aromatic heterocycles. The molecule has 2 aromatic rings. The highest BCUT2D eigenvalue weighted by Crippen LogP contribution is 2.41. The first-order valence-corrected chi connectivity index (χ1v) is 9.37. The summed E-state index contributed by atoms with van der Waals surface area (Å²) < 4.78 is 0. The smallest absolute Gasteiger partial charge is 0.0129 e. The van der Waals surface area contributed by atoms with E-state index in [2.05, 4.69) is 79.7 Å². The molecule has 0 bridgehead atoms. The molecule has 0 spiro atoms. The normalized spacial score (nSPS) is 22.6. The zero-order valence-corrected chi connectivity index (χ0v) is 14.7. The summed E-state index contributed by atoms with van der Waals surface area (Å²) in [5, 5.41) is 0.